The highest BCUT2D eigenvalue weighted by Gasteiger charge is 1.95. The van der Waals surface area contributed by atoms with E-state index >= 15 is 0 Å². The van der Waals surface area contributed by atoms with E-state index in [2.05, 4.69) is 0 Å². The normalized spacial score (nSPS) is 10.9. The average molecular weight is 192 g/mol. The molecule has 14 heavy (non-hydrogen) atoms. The van der Waals surface area contributed by atoms with Gasteiger partial charge in [0.2, 0.25) is 0 Å². The van der Waals surface area contributed by atoms with Gasteiger partial charge >= 0.3 is 0 Å². The smallest absolute Gasteiger partial charge is 0.184 e. The van der Waals surface area contributed by atoms with Gasteiger partial charge in [-0.05, 0) is 23.8 Å². The highest BCUT2D eigenvalue weighted by atomic mass is 16.5. The van der Waals surface area contributed by atoms with E-state index < -0.39 is 0 Å². The summed E-state index contributed by atoms with van der Waals surface area (Å²) >= 11 is 0. The number of benzene rings is 1. The molecule has 0 N–H and O–H groups in total. The quantitative estimate of drug-likeness (QED) is 0.415. The van der Waals surface area contributed by atoms with Crippen molar-refractivity contribution in [1.82, 2.24) is 0 Å². The Balaban J connectivity index is 2.86. The van der Waals surface area contributed by atoms with Gasteiger partial charge in [-0.15, -0.1) is 0 Å². The average Bonchev–Trinajstić information content (AvgIpc) is 2.26. The van der Waals surface area contributed by atoms with E-state index in [9.17, 15) is 4.79 Å². The summed E-state index contributed by atoms with van der Waals surface area (Å²) in [5, 5.41) is 0. The minimum Gasteiger partial charge on any atom is -0.497 e. The van der Waals surface area contributed by atoms with Crippen LogP contribution in [0.3, 0.4) is 0 Å². The number of carbonyl (C=O) groups excluding carboxylic acids is 1. The maximum absolute atomic E-state index is 10.4. The SMILES string of the molecule is COC(C=O)=Cc1ccc(OC)cc1. The third kappa shape index (κ3) is 2.62. The molecule has 0 fully saturated rings. The molecule has 0 unspecified atom stereocenters. The number of methoxy groups -OCH3 is 2. The number of allylic oxidation sites excluding steroid dienone is 1. The van der Waals surface area contributed by atoms with Gasteiger partial charge in [-0.3, -0.25) is 4.79 Å². The molecule has 0 saturated heterocycles. The lowest BCUT2D eigenvalue weighted by molar-refractivity contribution is -0.107. The number of hydrogen-bond donors (Lipinski definition) is 0. The summed E-state index contributed by atoms with van der Waals surface area (Å²) in [6, 6.07) is 7.34. The van der Waals surface area contributed by atoms with E-state index in [1.165, 1.54) is 7.11 Å². The van der Waals surface area contributed by atoms with E-state index in [0.717, 1.165) is 11.3 Å². The van der Waals surface area contributed by atoms with Crippen molar-refractivity contribution in [3.05, 3.63) is 35.6 Å². The molecule has 0 radical (unpaired) electrons. The van der Waals surface area contributed by atoms with Gasteiger partial charge in [-0.25, -0.2) is 0 Å². The van der Waals surface area contributed by atoms with Crippen molar-refractivity contribution in [2.45, 2.75) is 0 Å². The summed E-state index contributed by atoms with van der Waals surface area (Å²) in [7, 11) is 3.07. The van der Waals surface area contributed by atoms with Crippen molar-refractivity contribution < 1.29 is 14.3 Å². The standard InChI is InChI=1S/C11H12O3/c1-13-10-5-3-9(4-6-10)7-11(8-12)14-2/h3-8H,1-2H3. The molecule has 0 spiro atoms. The molecule has 0 aliphatic heterocycles. The van der Waals surface area contributed by atoms with Crippen molar-refractivity contribution >= 4 is 12.4 Å². The highest BCUT2D eigenvalue weighted by molar-refractivity contribution is 5.78. The minimum absolute atomic E-state index is 0.301. The second-order valence-corrected chi connectivity index (χ2v) is 2.64. The van der Waals surface area contributed by atoms with E-state index in [1.54, 1.807) is 13.2 Å². The van der Waals surface area contributed by atoms with Gasteiger partial charge in [0, 0.05) is 0 Å². The minimum atomic E-state index is 0.301. The molecule has 0 atom stereocenters. The zero-order valence-electron chi connectivity index (χ0n) is 8.19. The number of hydrogen-bond acceptors (Lipinski definition) is 3. The van der Waals surface area contributed by atoms with Crippen molar-refractivity contribution in [2.75, 3.05) is 14.2 Å². The number of carbonyl (C=O) groups is 1. The summed E-state index contributed by atoms with van der Waals surface area (Å²) in [6.07, 6.45) is 2.33. The molecule has 3 heteroatoms. The molecule has 74 valence electrons. The number of rotatable bonds is 4. The first-order valence-corrected chi connectivity index (χ1v) is 4.15. The van der Waals surface area contributed by atoms with Crippen molar-refractivity contribution in [3.8, 4) is 5.75 Å². The fraction of sp³-hybridized carbons (Fsp3) is 0.182. The molecule has 1 aromatic rings. The first kappa shape index (κ1) is 10.3. The summed E-state index contributed by atoms with van der Waals surface area (Å²) < 4.78 is 9.83. The van der Waals surface area contributed by atoms with E-state index in [-0.39, 0.29) is 0 Å². The summed E-state index contributed by atoms with van der Waals surface area (Å²) in [5.41, 5.74) is 0.898. The van der Waals surface area contributed by atoms with E-state index in [1.807, 2.05) is 24.3 Å². The first-order chi connectivity index (χ1) is 6.80. The van der Waals surface area contributed by atoms with Crippen LogP contribution in [-0.2, 0) is 9.53 Å². The Morgan fingerprint density at radius 2 is 1.86 bits per heavy atom. The number of aldehydes is 1. The van der Waals surface area contributed by atoms with Crippen molar-refractivity contribution in [2.24, 2.45) is 0 Å². The fourth-order valence-corrected chi connectivity index (χ4v) is 1.01. The van der Waals surface area contributed by atoms with Gasteiger partial charge in [-0.1, -0.05) is 12.1 Å². The predicted molar refractivity (Wildman–Crippen MR) is 54.0 cm³/mol. The lowest BCUT2D eigenvalue weighted by Gasteiger charge is -2.00. The lowest BCUT2D eigenvalue weighted by Crippen LogP contribution is -1.87. The Morgan fingerprint density at radius 1 is 1.21 bits per heavy atom. The van der Waals surface area contributed by atoms with Crippen LogP contribution >= 0.6 is 0 Å². The first-order valence-electron chi connectivity index (χ1n) is 4.15. The molecular weight excluding hydrogens is 180 g/mol. The third-order valence-corrected chi connectivity index (χ3v) is 1.78. The van der Waals surface area contributed by atoms with Crippen LogP contribution in [-0.4, -0.2) is 20.5 Å². The summed E-state index contributed by atoms with van der Waals surface area (Å²) in [4.78, 5) is 10.4. The Bertz CT molecular complexity index is 325. The van der Waals surface area contributed by atoms with Crippen LogP contribution in [0.2, 0.25) is 0 Å². The van der Waals surface area contributed by atoms with Gasteiger partial charge in [0.05, 0.1) is 14.2 Å². The van der Waals surface area contributed by atoms with Gasteiger partial charge in [0.1, 0.15) is 5.75 Å². The molecule has 0 aromatic heterocycles. The van der Waals surface area contributed by atoms with Gasteiger partial charge in [0.25, 0.3) is 0 Å². The van der Waals surface area contributed by atoms with Crippen LogP contribution in [0.1, 0.15) is 5.56 Å². The monoisotopic (exact) mass is 192 g/mol. The van der Waals surface area contributed by atoms with Crippen molar-refractivity contribution in [3.63, 3.8) is 0 Å². The Kier molecular flexibility index (Phi) is 3.73. The molecule has 0 heterocycles. The zero-order valence-corrected chi connectivity index (χ0v) is 8.19. The third-order valence-electron chi connectivity index (χ3n) is 1.78. The summed E-state index contributed by atoms with van der Waals surface area (Å²) in [5.74, 6) is 1.09. The largest absolute Gasteiger partial charge is 0.497 e. The second-order valence-electron chi connectivity index (χ2n) is 2.64. The predicted octanol–water partition coefficient (Wildman–Crippen LogP) is 1.88. The lowest BCUT2D eigenvalue weighted by atomic mass is 10.2. The molecule has 0 bridgehead atoms. The molecule has 1 aromatic carbocycles. The zero-order chi connectivity index (χ0) is 10.4. The van der Waals surface area contributed by atoms with Crippen LogP contribution in [0, 0.1) is 0 Å². The van der Waals surface area contributed by atoms with Gasteiger partial charge in [0.15, 0.2) is 12.0 Å². The van der Waals surface area contributed by atoms with Crippen LogP contribution in [0.25, 0.3) is 6.08 Å². The summed E-state index contributed by atoms with van der Waals surface area (Å²) in [6.45, 7) is 0. The Morgan fingerprint density at radius 3 is 2.29 bits per heavy atom. The van der Waals surface area contributed by atoms with Crippen molar-refractivity contribution in [1.29, 1.82) is 0 Å². The van der Waals surface area contributed by atoms with Crippen LogP contribution < -0.4 is 4.74 Å². The maximum atomic E-state index is 10.4. The van der Waals surface area contributed by atoms with Gasteiger partial charge in [-0.2, -0.15) is 0 Å². The second kappa shape index (κ2) is 5.07. The fourth-order valence-electron chi connectivity index (χ4n) is 1.01. The molecule has 0 saturated carbocycles. The van der Waals surface area contributed by atoms with Gasteiger partial charge < -0.3 is 9.47 Å². The van der Waals surface area contributed by atoms with Crippen LogP contribution in [0.15, 0.2) is 30.0 Å². The molecule has 3 nitrogen and oxygen atoms in total. The maximum Gasteiger partial charge on any atom is 0.184 e. The topological polar surface area (TPSA) is 35.5 Å². The van der Waals surface area contributed by atoms with Crippen LogP contribution in [0.5, 0.6) is 5.75 Å². The highest BCUT2D eigenvalue weighted by Crippen LogP contribution is 2.13. The number of ether oxygens (including phenoxy) is 2. The molecule has 0 aliphatic carbocycles. The van der Waals surface area contributed by atoms with Crippen LogP contribution in [0.4, 0.5) is 0 Å². The van der Waals surface area contributed by atoms with E-state index in [4.69, 9.17) is 9.47 Å². The molecule has 0 amide bonds. The van der Waals surface area contributed by atoms with E-state index in [0.29, 0.717) is 12.0 Å². The Hall–Kier alpha value is -1.77. The molecular formula is C11H12O3. The Labute approximate surface area is 83.0 Å². The molecule has 0 aliphatic rings. The molecule has 1 rings (SSSR count).